The molecule has 0 amide bonds. The van der Waals surface area contributed by atoms with Crippen LogP contribution in [-0.2, 0) is 10.0 Å². The van der Waals surface area contributed by atoms with Crippen LogP contribution in [0.1, 0.15) is 38.5 Å². The maximum absolute atomic E-state index is 12.5. The van der Waals surface area contributed by atoms with Crippen molar-refractivity contribution < 1.29 is 13.3 Å². The molecule has 1 aliphatic carbocycles. The number of benzene rings is 1. The second kappa shape index (κ2) is 5.96. The number of nitrogens with zero attached hydrogens (tertiary/aromatic N) is 2. The molecule has 6 nitrogen and oxygen atoms in total. The Morgan fingerprint density at radius 3 is 2.36 bits per heavy atom. The smallest absolute Gasteiger partial charge is 0.258 e. The van der Waals surface area contributed by atoms with Crippen molar-refractivity contribution >= 4 is 15.7 Å². The van der Waals surface area contributed by atoms with Crippen LogP contribution >= 0.6 is 0 Å². The topological polar surface area (TPSA) is 80.3 Å². The van der Waals surface area contributed by atoms with Gasteiger partial charge in [-0.05, 0) is 24.5 Å². The van der Waals surface area contributed by atoms with Gasteiger partial charge in [-0.3, -0.25) is 10.1 Å². The molecule has 1 aromatic carbocycles. The van der Waals surface area contributed by atoms with Crippen molar-refractivity contribution in [2.24, 2.45) is 5.92 Å². The first-order chi connectivity index (χ1) is 10.5. The lowest BCUT2D eigenvalue weighted by molar-refractivity contribution is -0.384. The van der Waals surface area contributed by atoms with E-state index in [0.717, 1.165) is 6.42 Å². The molecular weight excluding hydrogens is 304 g/mol. The number of rotatable bonds is 5. The van der Waals surface area contributed by atoms with E-state index >= 15 is 0 Å². The van der Waals surface area contributed by atoms with E-state index in [1.807, 2.05) is 0 Å². The molecule has 1 aliphatic heterocycles. The van der Waals surface area contributed by atoms with E-state index < -0.39 is 14.9 Å². The zero-order valence-electron chi connectivity index (χ0n) is 12.3. The highest BCUT2D eigenvalue weighted by Gasteiger charge is 2.45. The van der Waals surface area contributed by atoms with Crippen molar-refractivity contribution in [3.63, 3.8) is 0 Å². The van der Waals surface area contributed by atoms with Gasteiger partial charge in [0.25, 0.3) is 5.69 Å². The normalized spacial score (nSPS) is 25.8. The molecule has 2 fully saturated rings. The third kappa shape index (κ3) is 3.15. The summed E-state index contributed by atoms with van der Waals surface area (Å²) in [5.74, 6) is 0.649. The van der Waals surface area contributed by atoms with E-state index in [-0.39, 0.29) is 16.6 Å². The molecule has 1 heterocycles. The molecule has 3 rings (SSSR count). The highest BCUT2D eigenvalue weighted by atomic mass is 32.2. The van der Waals surface area contributed by atoms with Gasteiger partial charge < -0.3 is 0 Å². The van der Waals surface area contributed by atoms with Crippen LogP contribution in [0, 0.1) is 16.0 Å². The SMILES string of the molecule is O=[N+]([O-])c1ccc(S(=O)(=O)N2C[C@@H]2CC2CCCCC2)cc1. The van der Waals surface area contributed by atoms with E-state index in [1.165, 1.54) is 60.7 Å². The second-order valence-corrected chi connectivity index (χ2v) is 8.11. The summed E-state index contributed by atoms with van der Waals surface area (Å²) in [5.41, 5.74) is -0.0940. The van der Waals surface area contributed by atoms with Gasteiger partial charge in [-0.2, -0.15) is 4.31 Å². The first-order valence-corrected chi connectivity index (χ1v) is 9.19. The molecule has 1 unspecified atom stereocenters. The quantitative estimate of drug-likeness (QED) is 0.474. The highest BCUT2D eigenvalue weighted by molar-refractivity contribution is 7.89. The van der Waals surface area contributed by atoms with Crippen LogP contribution in [0.15, 0.2) is 29.2 Å². The lowest BCUT2D eigenvalue weighted by Gasteiger charge is -2.21. The molecule has 0 spiro atoms. The summed E-state index contributed by atoms with van der Waals surface area (Å²) in [7, 11) is -3.50. The Kier molecular flexibility index (Phi) is 4.18. The number of nitro benzene ring substituents is 1. The first kappa shape index (κ1) is 15.4. The molecule has 1 saturated heterocycles. The number of nitro groups is 1. The average Bonchev–Trinajstić information content (AvgIpc) is 3.28. The third-order valence-electron chi connectivity index (χ3n) is 4.65. The zero-order chi connectivity index (χ0) is 15.7. The zero-order valence-corrected chi connectivity index (χ0v) is 13.2. The van der Waals surface area contributed by atoms with Gasteiger partial charge in [0.2, 0.25) is 10.0 Å². The minimum Gasteiger partial charge on any atom is -0.258 e. The molecule has 0 bridgehead atoms. The van der Waals surface area contributed by atoms with Crippen LogP contribution in [0.4, 0.5) is 5.69 Å². The predicted molar refractivity (Wildman–Crippen MR) is 82.0 cm³/mol. The standard InChI is InChI=1S/C15H20N2O4S/c18-17(19)13-6-8-15(9-7-13)22(20,21)16-11-14(16)10-12-4-2-1-3-5-12/h6-9,12,14H,1-5,10-11H2/t14-,16?/m0/s1. The first-order valence-electron chi connectivity index (χ1n) is 7.75. The highest BCUT2D eigenvalue weighted by Crippen LogP contribution is 2.36. The van der Waals surface area contributed by atoms with Crippen LogP contribution in [0.2, 0.25) is 0 Å². The Hall–Kier alpha value is -1.47. The summed E-state index contributed by atoms with van der Waals surface area (Å²) in [6.07, 6.45) is 7.18. The van der Waals surface area contributed by atoms with Gasteiger partial charge in [-0.15, -0.1) is 0 Å². The molecular formula is C15H20N2O4S. The number of hydrogen-bond acceptors (Lipinski definition) is 4. The van der Waals surface area contributed by atoms with Crippen molar-refractivity contribution in [2.75, 3.05) is 6.54 Å². The maximum atomic E-state index is 12.5. The monoisotopic (exact) mass is 324 g/mol. The van der Waals surface area contributed by atoms with Crippen LogP contribution in [0.25, 0.3) is 0 Å². The van der Waals surface area contributed by atoms with Crippen molar-refractivity contribution in [3.05, 3.63) is 34.4 Å². The van der Waals surface area contributed by atoms with Crippen molar-refractivity contribution in [1.82, 2.24) is 4.31 Å². The molecule has 2 aliphatic rings. The van der Waals surface area contributed by atoms with Crippen LogP contribution in [0.3, 0.4) is 0 Å². The summed E-state index contributed by atoms with van der Waals surface area (Å²) < 4.78 is 26.5. The summed E-state index contributed by atoms with van der Waals surface area (Å²) in [5, 5.41) is 10.6. The molecule has 7 heteroatoms. The Morgan fingerprint density at radius 2 is 1.77 bits per heavy atom. The third-order valence-corrected chi connectivity index (χ3v) is 6.58. The lowest BCUT2D eigenvalue weighted by Crippen LogP contribution is -2.17. The molecule has 1 saturated carbocycles. The second-order valence-electron chi connectivity index (χ2n) is 6.22. The molecule has 2 atom stereocenters. The van der Waals surface area contributed by atoms with Gasteiger partial charge in [0.05, 0.1) is 9.82 Å². The molecule has 0 radical (unpaired) electrons. The molecule has 22 heavy (non-hydrogen) atoms. The van der Waals surface area contributed by atoms with Crippen molar-refractivity contribution in [2.45, 2.75) is 49.5 Å². The molecule has 1 aromatic rings. The van der Waals surface area contributed by atoms with Crippen LogP contribution in [0.5, 0.6) is 0 Å². The maximum Gasteiger partial charge on any atom is 0.269 e. The fourth-order valence-electron chi connectivity index (χ4n) is 3.33. The number of non-ortho nitro benzene ring substituents is 1. The summed E-state index contributed by atoms with van der Waals surface area (Å²) in [6.45, 7) is 0.579. The van der Waals surface area contributed by atoms with Crippen LogP contribution in [-0.4, -0.2) is 30.2 Å². The minimum atomic E-state index is -3.50. The van der Waals surface area contributed by atoms with Crippen molar-refractivity contribution in [1.29, 1.82) is 0 Å². The Morgan fingerprint density at radius 1 is 1.14 bits per heavy atom. The number of hydrogen-bond donors (Lipinski definition) is 0. The van der Waals surface area contributed by atoms with Crippen LogP contribution < -0.4 is 0 Å². The van der Waals surface area contributed by atoms with E-state index in [1.54, 1.807) is 0 Å². The molecule has 0 N–H and O–H groups in total. The van der Waals surface area contributed by atoms with Gasteiger partial charge in [0.1, 0.15) is 0 Å². The van der Waals surface area contributed by atoms with Crippen molar-refractivity contribution in [3.8, 4) is 0 Å². The summed E-state index contributed by atoms with van der Waals surface area (Å²) >= 11 is 0. The van der Waals surface area contributed by atoms with Gasteiger partial charge in [0.15, 0.2) is 0 Å². The average molecular weight is 324 g/mol. The Balaban J connectivity index is 1.65. The van der Waals surface area contributed by atoms with E-state index in [9.17, 15) is 18.5 Å². The summed E-state index contributed by atoms with van der Waals surface area (Å²) in [6, 6.07) is 5.25. The van der Waals surface area contributed by atoms with E-state index in [0.29, 0.717) is 12.5 Å². The predicted octanol–water partition coefficient (Wildman–Crippen LogP) is 2.94. The minimum absolute atomic E-state index is 0.0940. The fourth-order valence-corrected chi connectivity index (χ4v) is 4.93. The Bertz CT molecular complexity index is 651. The Labute approximate surface area is 130 Å². The van der Waals surface area contributed by atoms with E-state index in [4.69, 9.17) is 0 Å². The fraction of sp³-hybridized carbons (Fsp3) is 0.600. The lowest BCUT2D eigenvalue weighted by atomic mass is 9.86. The molecule has 120 valence electrons. The van der Waals surface area contributed by atoms with Gasteiger partial charge in [0, 0.05) is 24.7 Å². The van der Waals surface area contributed by atoms with Gasteiger partial charge in [-0.1, -0.05) is 32.1 Å². The molecule has 0 aromatic heterocycles. The van der Waals surface area contributed by atoms with Gasteiger partial charge >= 0.3 is 0 Å². The largest absolute Gasteiger partial charge is 0.269 e. The summed E-state index contributed by atoms with van der Waals surface area (Å²) in [4.78, 5) is 10.2. The van der Waals surface area contributed by atoms with E-state index in [2.05, 4.69) is 0 Å². The number of sulfonamides is 1. The van der Waals surface area contributed by atoms with Gasteiger partial charge in [-0.25, -0.2) is 8.42 Å².